The van der Waals surface area contributed by atoms with Gasteiger partial charge in [0.05, 0.1) is 13.2 Å². The van der Waals surface area contributed by atoms with Crippen molar-refractivity contribution in [2.45, 2.75) is 19.1 Å². The van der Waals surface area contributed by atoms with E-state index in [-0.39, 0.29) is 18.6 Å². The Hall–Kier alpha value is -2.53. The van der Waals surface area contributed by atoms with E-state index in [1.54, 1.807) is 0 Å². The molecule has 2 aromatic carbocycles. The summed E-state index contributed by atoms with van der Waals surface area (Å²) in [6, 6.07) is 15.7. The molecule has 0 N–H and O–H groups in total. The molecule has 1 fully saturated rings. The van der Waals surface area contributed by atoms with Gasteiger partial charge in [0.15, 0.2) is 11.5 Å². The first-order valence-corrected chi connectivity index (χ1v) is 8.56. The maximum atomic E-state index is 12.9. The maximum Gasteiger partial charge on any atom is 0.267 e. The number of para-hydroxylation sites is 2. The number of nitrogens with zero attached hydrogens (tertiary/aromatic N) is 1. The van der Waals surface area contributed by atoms with Crippen LogP contribution in [0.4, 0.5) is 0 Å². The van der Waals surface area contributed by atoms with Crippen LogP contribution < -0.4 is 9.47 Å². The second-order valence-corrected chi connectivity index (χ2v) is 6.42. The van der Waals surface area contributed by atoms with Crippen LogP contribution in [0.2, 0.25) is 0 Å². The molecule has 2 atom stereocenters. The number of benzene rings is 2. The molecule has 25 heavy (non-hydrogen) atoms. The molecule has 1 saturated heterocycles. The summed E-state index contributed by atoms with van der Waals surface area (Å²) in [7, 11) is 0. The molecule has 0 bridgehead atoms. The first-order valence-electron chi connectivity index (χ1n) is 8.56. The number of carbonyl (C=O) groups is 1. The Bertz CT molecular complexity index is 759. The zero-order valence-electron chi connectivity index (χ0n) is 14.2. The molecule has 0 spiro atoms. The summed E-state index contributed by atoms with van der Waals surface area (Å²) >= 11 is 0. The van der Waals surface area contributed by atoms with Crippen LogP contribution in [0.5, 0.6) is 11.5 Å². The number of hydrogen-bond acceptors (Lipinski definition) is 4. The molecule has 0 radical (unpaired) electrons. The Kier molecular flexibility index (Phi) is 4.32. The van der Waals surface area contributed by atoms with Crippen molar-refractivity contribution in [3.8, 4) is 11.5 Å². The zero-order valence-corrected chi connectivity index (χ0v) is 14.2. The number of hydrogen-bond donors (Lipinski definition) is 0. The van der Waals surface area contributed by atoms with Gasteiger partial charge >= 0.3 is 0 Å². The molecular weight excluding hydrogens is 318 g/mol. The molecule has 2 aliphatic heterocycles. The largest absolute Gasteiger partial charge is 0.485 e. The molecule has 1 amide bonds. The van der Waals surface area contributed by atoms with E-state index >= 15 is 0 Å². The zero-order chi connectivity index (χ0) is 17.2. The van der Waals surface area contributed by atoms with Crippen molar-refractivity contribution in [2.75, 3.05) is 26.3 Å². The van der Waals surface area contributed by atoms with Gasteiger partial charge in [-0.3, -0.25) is 4.79 Å². The van der Waals surface area contributed by atoms with Gasteiger partial charge in [0.25, 0.3) is 5.91 Å². The molecule has 4 rings (SSSR count). The standard InChI is InChI=1S/C20H21NO4/c1-14-6-8-15(9-7-14)18-12-21(10-11-23-18)20(22)19-13-24-16-4-2-3-5-17(16)25-19/h2-9,18-19H,10-13H2,1H3. The Morgan fingerprint density at radius 1 is 1.08 bits per heavy atom. The quantitative estimate of drug-likeness (QED) is 0.844. The Morgan fingerprint density at radius 2 is 1.84 bits per heavy atom. The van der Waals surface area contributed by atoms with Gasteiger partial charge in [-0.2, -0.15) is 0 Å². The van der Waals surface area contributed by atoms with Crippen LogP contribution in [0, 0.1) is 6.92 Å². The van der Waals surface area contributed by atoms with Gasteiger partial charge in [-0.25, -0.2) is 0 Å². The summed E-state index contributed by atoms with van der Waals surface area (Å²) in [5, 5.41) is 0. The van der Waals surface area contributed by atoms with Gasteiger partial charge in [0.2, 0.25) is 6.10 Å². The molecule has 5 nitrogen and oxygen atoms in total. The normalized spacial score (nSPS) is 22.5. The molecule has 0 aliphatic carbocycles. The SMILES string of the molecule is Cc1ccc(C2CN(C(=O)C3COc4ccccc4O3)CCO2)cc1. The van der Waals surface area contributed by atoms with Crippen LogP contribution in [0.15, 0.2) is 48.5 Å². The van der Waals surface area contributed by atoms with Crippen molar-refractivity contribution in [3.05, 3.63) is 59.7 Å². The minimum atomic E-state index is -0.605. The van der Waals surface area contributed by atoms with Crippen LogP contribution in [0.1, 0.15) is 17.2 Å². The second kappa shape index (κ2) is 6.76. The fraction of sp³-hybridized carbons (Fsp3) is 0.350. The van der Waals surface area contributed by atoms with Gasteiger partial charge < -0.3 is 19.1 Å². The number of fused-ring (bicyclic) bond motifs is 1. The monoisotopic (exact) mass is 339 g/mol. The average Bonchev–Trinajstić information content (AvgIpc) is 2.68. The molecule has 0 aromatic heterocycles. The van der Waals surface area contributed by atoms with Crippen LogP contribution in [-0.4, -0.2) is 43.2 Å². The highest BCUT2D eigenvalue weighted by molar-refractivity contribution is 5.82. The van der Waals surface area contributed by atoms with Crippen LogP contribution in [-0.2, 0) is 9.53 Å². The molecule has 2 aromatic rings. The average molecular weight is 339 g/mol. The minimum absolute atomic E-state index is 0.0464. The number of ether oxygens (including phenoxy) is 3. The van der Waals surface area contributed by atoms with Crippen molar-refractivity contribution < 1.29 is 19.0 Å². The van der Waals surface area contributed by atoms with Crippen molar-refractivity contribution in [2.24, 2.45) is 0 Å². The second-order valence-electron chi connectivity index (χ2n) is 6.42. The minimum Gasteiger partial charge on any atom is -0.485 e. The summed E-state index contributed by atoms with van der Waals surface area (Å²) < 4.78 is 17.4. The molecular formula is C20H21NO4. The third kappa shape index (κ3) is 3.33. The smallest absolute Gasteiger partial charge is 0.267 e. The Morgan fingerprint density at radius 3 is 2.64 bits per heavy atom. The first-order chi connectivity index (χ1) is 12.2. The van der Waals surface area contributed by atoms with Crippen molar-refractivity contribution >= 4 is 5.91 Å². The lowest BCUT2D eigenvalue weighted by molar-refractivity contribution is -0.148. The number of rotatable bonds is 2. The van der Waals surface area contributed by atoms with Gasteiger partial charge in [-0.15, -0.1) is 0 Å². The predicted molar refractivity (Wildman–Crippen MR) is 92.8 cm³/mol. The van der Waals surface area contributed by atoms with Crippen LogP contribution in [0.3, 0.4) is 0 Å². The number of amides is 1. The molecule has 2 unspecified atom stereocenters. The van der Waals surface area contributed by atoms with E-state index in [4.69, 9.17) is 14.2 Å². The Labute approximate surface area is 147 Å². The van der Waals surface area contributed by atoms with Crippen molar-refractivity contribution in [3.63, 3.8) is 0 Å². The summed E-state index contributed by atoms with van der Waals surface area (Å²) in [6.07, 6.45) is -0.707. The Balaban J connectivity index is 1.44. The highest BCUT2D eigenvalue weighted by Gasteiger charge is 2.34. The first kappa shape index (κ1) is 16.0. The highest BCUT2D eigenvalue weighted by Crippen LogP contribution is 2.32. The van der Waals surface area contributed by atoms with Crippen LogP contribution >= 0.6 is 0 Å². The lowest BCUT2D eigenvalue weighted by atomic mass is 10.1. The summed E-state index contributed by atoms with van der Waals surface area (Å²) in [5.41, 5.74) is 2.30. The number of morpholine rings is 1. The van der Waals surface area contributed by atoms with Gasteiger partial charge in [-0.05, 0) is 24.6 Å². The van der Waals surface area contributed by atoms with E-state index in [2.05, 4.69) is 31.2 Å². The van der Waals surface area contributed by atoms with E-state index in [1.807, 2.05) is 29.2 Å². The molecule has 5 heteroatoms. The van der Waals surface area contributed by atoms with Crippen molar-refractivity contribution in [1.82, 2.24) is 4.90 Å². The molecule has 130 valence electrons. The van der Waals surface area contributed by atoms with E-state index in [0.29, 0.717) is 31.2 Å². The van der Waals surface area contributed by atoms with E-state index in [9.17, 15) is 4.79 Å². The lowest BCUT2D eigenvalue weighted by Gasteiger charge is -2.36. The third-order valence-corrected chi connectivity index (χ3v) is 4.61. The fourth-order valence-corrected chi connectivity index (χ4v) is 3.18. The van der Waals surface area contributed by atoms with Crippen LogP contribution in [0.25, 0.3) is 0 Å². The topological polar surface area (TPSA) is 48.0 Å². The predicted octanol–water partition coefficient (Wildman–Crippen LogP) is 2.73. The summed E-state index contributed by atoms with van der Waals surface area (Å²) in [6.45, 7) is 3.92. The summed E-state index contributed by atoms with van der Waals surface area (Å²) in [5.74, 6) is 1.26. The molecule has 0 saturated carbocycles. The van der Waals surface area contributed by atoms with E-state index < -0.39 is 6.10 Å². The maximum absolute atomic E-state index is 12.9. The highest BCUT2D eigenvalue weighted by atomic mass is 16.6. The van der Waals surface area contributed by atoms with Crippen molar-refractivity contribution in [1.29, 1.82) is 0 Å². The van der Waals surface area contributed by atoms with Gasteiger partial charge in [-0.1, -0.05) is 42.0 Å². The summed E-state index contributed by atoms with van der Waals surface area (Å²) in [4.78, 5) is 14.7. The fourth-order valence-electron chi connectivity index (χ4n) is 3.18. The number of aryl methyl sites for hydroxylation is 1. The lowest BCUT2D eigenvalue weighted by Crippen LogP contribution is -2.50. The van der Waals surface area contributed by atoms with Gasteiger partial charge in [0, 0.05) is 6.54 Å². The van der Waals surface area contributed by atoms with E-state index in [0.717, 1.165) is 5.56 Å². The third-order valence-electron chi connectivity index (χ3n) is 4.61. The van der Waals surface area contributed by atoms with Gasteiger partial charge in [0.1, 0.15) is 12.7 Å². The molecule has 2 aliphatic rings. The molecule has 2 heterocycles. The number of carbonyl (C=O) groups excluding carboxylic acids is 1. The van der Waals surface area contributed by atoms with E-state index in [1.165, 1.54) is 5.56 Å².